The van der Waals surface area contributed by atoms with Crippen molar-refractivity contribution in [1.29, 1.82) is 0 Å². The van der Waals surface area contributed by atoms with Crippen LogP contribution in [0.25, 0.3) is 11.2 Å². The molecular formula is C24H23N5O8. The molecule has 192 valence electrons. The minimum Gasteiger partial charge on any atom is -0.459 e. The summed E-state index contributed by atoms with van der Waals surface area (Å²) in [6.07, 6.45) is 2.53. The minimum atomic E-state index is -1.22. The summed E-state index contributed by atoms with van der Waals surface area (Å²) in [4.78, 5) is 68.5. The number of anilines is 1. The van der Waals surface area contributed by atoms with Crippen molar-refractivity contribution in [3.63, 3.8) is 0 Å². The number of terminal acetylenes is 1. The molecule has 0 unspecified atom stereocenters. The Morgan fingerprint density at radius 1 is 1.24 bits per heavy atom. The number of carbonyl (C=O) groups excluding carboxylic acids is 3. The molecule has 2 N–H and O–H groups in total. The number of imidazole rings is 1. The van der Waals surface area contributed by atoms with Gasteiger partial charge in [0.2, 0.25) is 11.9 Å². The topological polar surface area (TPSA) is 164 Å². The highest BCUT2D eigenvalue weighted by molar-refractivity contribution is 5.89. The van der Waals surface area contributed by atoms with E-state index in [0.717, 1.165) is 9.13 Å². The Morgan fingerprint density at radius 2 is 1.97 bits per heavy atom. The Labute approximate surface area is 209 Å². The van der Waals surface area contributed by atoms with Crippen LogP contribution in [0.5, 0.6) is 0 Å². The molecule has 1 saturated heterocycles. The van der Waals surface area contributed by atoms with Gasteiger partial charge in [0.15, 0.2) is 17.4 Å². The molecule has 1 amide bonds. The van der Waals surface area contributed by atoms with Crippen LogP contribution in [0.4, 0.5) is 5.95 Å². The maximum atomic E-state index is 13.4. The van der Waals surface area contributed by atoms with Crippen molar-refractivity contribution in [3.8, 4) is 12.3 Å². The van der Waals surface area contributed by atoms with Gasteiger partial charge in [0.1, 0.15) is 12.7 Å². The first-order chi connectivity index (χ1) is 17.7. The molecule has 1 aliphatic heterocycles. The Hall–Kier alpha value is -4.70. The van der Waals surface area contributed by atoms with Gasteiger partial charge in [-0.1, -0.05) is 24.1 Å². The van der Waals surface area contributed by atoms with Crippen molar-refractivity contribution in [2.75, 3.05) is 11.9 Å². The number of aromatic nitrogens is 4. The summed E-state index contributed by atoms with van der Waals surface area (Å²) in [6.45, 7) is 1.97. The Bertz CT molecular complexity index is 1510. The molecule has 37 heavy (non-hydrogen) atoms. The number of carbonyl (C=O) groups is 3. The van der Waals surface area contributed by atoms with E-state index in [1.54, 1.807) is 30.3 Å². The normalized spacial score (nSPS) is 18.8. The van der Waals surface area contributed by atoms with E-state index in [1.165, 1.54) is 13.8 Å². The second-order valence-electron chi connectivity index (χ2n) is 8.21. The third-order valence-electron chi connectivity index (χ3n) is 5.48. The number of benzene rings is 1. The lowest BCUT2D eigenvalue weighted by molar-refractivity contribution is -0.152. The van der Waals surface area contributed by atoms with E-state index >= 15 is 0 Å². The Morgan fingerprint density at radius 3 is 2.62 bits per heavy atom. The molecule has 1 aromatic carbocycles. The van der Waals surface area contributed by atoms with E-state index in [2.05, 4.69) is 21.2 Å². The highest BCUT2D eigenvalue weighted by Crippen LogP contribution is 2.32. The Kier molecular flexibility index (Phi) is 7.21. The lowest BCUT2D eigenvalue weighted by atomic mass is 10.2. The minimum absolute atomic E-state index is 0.0856. The van der Waals surface area contributed by atoms with Crippen LogP contribution in [0, 0.1) is 12.3 Å². The molecule has 0 aliphatic carbocycles. The number of ether oxygens (including phenoxy) is 3. The monoisotopic (exact) mass is 509 g/mol. The second-order valence-corrected chi connectivity index (χ2v) is 8.21. The number of aromatic amines is 1. The quantitative estimate of drug-likeness (QED) is 0.342. The van der Waals surface area contributed by atoms with Gasteiger partial charge in [-0.2, -0.15) is 4.98 Å². The van der Waals surface area contributed by atoms with Crippen LogP contribution in [-0.2, 0) is 30.3 Å². The molecule has 3 heterocycles. The first kappa shape index (κ1) is 25.4. The maximum Gasteiger partial charge on any atom is 0.338 e. The number of nitrogens with one attached hydrogen (secondary N) is 2. The fourth-order valence-corrected chi connectivity index (χ4v) is 4.07. The molecule has 3 aromatic rings. The molecule has 0 bridgehead atoms. The zero-order chi connectivity index (χ0) is 26.7. The number of H-pyrrole nitrogens is 1. The van der Waals surface area contributed by atoms with Gasteiger partial charge in [-0.25, -0.2) is 14.2 Å². The number of hydrogen-bond donors (Lipinski definition) is 2. The predicted molar refractivity (Wildman–Crippen MR) is 129 cm³/mol. The molecule has 0 radical (unpaired) electrons. The van der Waals surface area contributed by atoms with Gasteiger partial charge >= 0.3 is 17.6 Å². The van der Waals surface area contributed by atoms with Gasteiger partial charge in [-0.05, 0) is 12.1 Å². The fourth-order valence-electron chi connectivity index (χ4n) is 4.07. The lowest BCUT2D eigenvalue weighted by Gasteiger charge is -2.19. The van der Waals surface area contributed by atoms with Crippen molar-refractivity contribution >= 4 is 35.0 Å². The summed E-state index contributed by atoms with van der Waals surface area (Å²) < 4.78 is 18.8. The van der Waals surface area contributed by atoms with Crippen LogP contribution in [0.2, 0.25) is 0 Å². The number of rotatable bonds is 7. The van der Waals surface area contributed by atoms with Gasteiger partial charge in [-0.3, -0.25) is 29.3 Å². The van der Waals surface area contributed by atoms with Crippen LogP contribution in [0.3, 0.4) is 0 Å². The molecule has 1 aliphatic rings. The summed E-state index contributed by atoms with van der Waals surface area (Å²) >= 11 is 0. The number of nitrogens with zero attached hydrogens (tertiary/aromatic N) is 3. The largest absolute Gasteiger partial charge is 0.459 e. The van der Waals surface area contributed by atoms with Crippen molar-refractivity contribution in [3.05, 3.63) is 56.7 Å². The van der Waals surface area contributed by atoms with Gasteiger partial charge in [0.05, 0.1) is 18.2 Å². The molecule has 0 saturated carbocycles. The molecule has 2 aromatic heterocycles. The molecule has 1 fully saturated rings. The zero-order valence-corrected chi connectivity index (χ0v) is 19.9. The van der Waals surface area contributed by atoms with E-state index in [0.29, 0.717) is 5.56 Å². The van der Waals surface area contributed by atoms with E-state index in [9.17, 15) is 24.0 Å². The van der Waals surface area contributed by atoms with Gasteiger partial charge in [0, 0.05) is 20.3 Å². The van der Waals surface area contributed by atoms with Gasteiger partial charge in [-0.15, -0.1) is 6.42 Å². The molecule has 3 atom stereocenters. The highest BCUT2D eigenvalue weighted by atomic mass is 16.6. The standard InChI is InChI=1S/C24H23N5O8/c1-4-10-28-18-19(26-23(25-13(2)30)27-20(18)32)29(24(28)34)21-17(36-14(3)31)11-16(37-21)12-35-22(33)15-8-6-5-7-9-15/h1,5-9,16-17,21H,10-12H2,2-3H3,(H2,25,26,27,30,32)/t16-,17-,21-/m1/s1. The second kappa shape index (κ2) is 10.5. The average molecular weight is 509 g/mol. The SMILES string of the molecule is C#CCn1c(=O)n([C@@H]2O[C@@H](COC(=O)c3ccccc3)C[C@H]2OC(C)=O)c2nc(NC(C)=O)[nH]c(=O)c21. The summed E-state index contributed by atoms with van der Waals surface area (Å²) in [7, 11) is 0. The molecule has 0 spiro atoms. The molecular weight excluding hydrogens is 486 g/mol. The first-order valence-corrected chi connectivity index (χ1v) is 11.2. The van der Waals surface area contributed by atoms with E-state index in [1.807, 2.05) is 0 Å². The van der Waals surface area contributed by atoms with Gasteiger partial charge in [0.25, 0.3) is 5.56 Å². The lowest BCUT2D eigenvalue weighted by Crippen LogP contribution is -2.33. The van der Waals surface area contributed by atoms with Crippen molar-refractivity contribution in [1.82, 2.24) is 19.1 Å². The van der Waals surface area contributed by atoms with Crippen LogP contribution in [0.1, 0.15) is 36.9 Å². The highest BCUT2D eigenvalue weighted by Gasteiger charge is 2.42. The summed E-state index contributed by atoms with van der Waals surface area (Å²) in [5.74, 6) is 0.394. The maximum absolute atomic E-state index is 13.4. The van der Waals surface area contributed by atoms with Crippen LogP contribution < -0.4 is 16.6 Å². The van der Waals surface area contributed by atoms with Crippen molar-refractivity contribution in [2.24, 2.45) is 0 Å². The fraction of sp³-hybridized carbons (Fsp3) is 0.333. The van der Waals surface area contributed by atoms with E-state index in [4.69, 9.17) is 20.6 Å². The van der Waals surface area contributed by atoms with Crippen LogP contribution >= 0.6 is 0 Å². The first-order valence-electron chi connectivity index (χ1n) is 11.2. The van der Waals surface area contributed by atoms with E-state index < -0.39 is 47.5 Å². The van der Waals surface area contributed by atoms with Crippen molar-refractivity contribution < 1.29 is 28.6 Å². The van der Waals surface area contributed by atoms with Gasteiger partial charge < -0.3 is 14.2 Å². The third-order valence-corrected chi connectivity index (χ3v) is 5.48. The predicted octanol–water partition coefficient (Wildman–Crippen LogP) is 0.554. The number of amides is 1. The van der Waals surface area contributed by atoms with Crippen LogP contribution in [-0.4, -0.2) is 55.8 Å². The number of fused-ring (bicyclic) bond motifs is 1. The average Bonchev–Trinajstić information content (AvgIpc) is 3.35. The molecule has 13 nitrogen and oxygen atoms in total. The number of hydrogen-bond acceptors (Lipinski definition) is 9. The number of esters is 2. The Balaban J connectivity index is 1.72. The molecule has 13 heteroatoms. The summed E-state index contributed by atoms with van der Waals surface area (Å²) in [5.41, 5.74) is -1.42. The third kappa shape index (κ3) is 5.29. The van der Waals surface area contributed by atoms with E-state index in [-0.39, 0.29) is 36.7 Å². The smallest absolute Gasteiger partial charge is 0.338 e. The zero-order valence-electron chi connectivity index (χ0n) is 19.9. The summed E-state index contributed by atoms with van der Waals surface area (Å²) in [6, 6.07) is 8.33. The van der Waals surface area contributed by atoms with Crippen molar-refractivity contribution in [2.45, 2.75) is 45.2 Å². The summed E-state index contributed by atoms with van der Waals surface area (Å²) in [5, 5.41) is 2.36. The van der Waals surface area contributed by atoms with Crippen LogP contribution in [0.15, 0.2) is 39.9 Å². The molecule has 4 rings (SSSR count).